The van der Waals surface area contributed by atoms with Crippen LogP contribution in [0.25, 0.3) is 0 Å². The summed E-state index contributed by atoms with van der Waals surface area (Å²) in [5.74, 6) is -1.69. The Morgan fingerprint density at radius 1 is 0.689 bits per heavy atom. The number of rotatable bonds is 7. The van der Waals surface area contributed by atoms with Crippen LogP contribution < -0.4 is 15.1 Å². The van der Waals surface area contributed by atoms with Crippen molar-refractivity contribution in [2.24, 2.45) is 5.92 Å². The number of para-hydroxylation sites is 2. The lowest BCUT2D eigenvalue weighted by Gasteiger charge is -2.31. The predicted molar refractivity (Wildman–Crippen MR) is 176 cm³/mol. The molecule has 0 saturated heterocycles. The van der Waals surface area contributed by atoms with E-state index in [2.05, 4.69) is 17.4 Å². The van der Waals surface area contributed by atoms with E-state index in [1.165, 1.54) is 5.56 Å². The molecule has 0 aromatic heterocycles. The first-order valence-electron chi connectivity index (χ1n) is 15.0. The topological polar surface area (TPSA) is 90.0 Å². The van der Waals surface area contributed by atoms with Gasteiger partial charge in [0.25, 0.3) is 11.8 Å². The van der Waals surface area contributed by atoms with Gasteiger partial charge in [0.1, 0.15) is 6.54 Å². The molecular formula is C36H33ClN4O4. The molecule has 1 aliphatic carbocycles. The van der Waals surface area contributed by atoms with Crippen molar-refractivity contribution in [3.63, 3.8) is 0 Å². The molecule has 2 aliphatic heterocycles. The number of imide groups is 1. The van der Waals surface area contributed by atoms with Gasteiger partial charge in [-0.25, -0.2) is 0 Å². The highest BCUT2D eigenvalue weighted by Gasteiger charge is 2.46. The monoisotopic (exact) mass is 620 g/mol. The number of hydrogen-bond acceptors (Lipinski definition) is 5. The maximum atomic E-state index is 14.1. The van der Waals surface area contributed by atoms with Crippen molar-refractivity contribution in [1.29, 1.82) is 0 Å². The van der Waals surface area contributed by atoms with E-state index in [9.17, 15) is 19.2 Å². The smallest absolute Gasteiger partial charge is 0.262 e. The lowest BCUT2D eigenvalue weighted by molar-refractivity contribution is -0.123. The lowest BCUT2D eigenvalue weighted by Crippen LogP contribution is -2.49. The minimum Gasteiger partial charge on any atom is -0.381 e. The van der Waals surface area contributed by atoms with Gasteiger partial charge in [0, 0.05) is 18.3 Å². The Labute approximate surface area is 268 Å². The van der Waals surface area contributed by atoms with E-state index in [1.807, 2.05) is 66.7 Å². The van der Waals surface area contributed by atoms with Crippen LogP contribution in [0, 0.1) is 5.92 Å². The number of hydrogen-bond donors (Lipinski definition) is 1. The van der Waals surface area contributed by atoms with Crippen molar-refractivity contribution in [1.82, 2.24) is 4.90 Å². The summed E-state index contributed by atoms with van der Waals surface area (Å²) < 4.78 is 0. The summed E-state index contributed by atoms with van der Waals surface area (Å²) in [4.78, 5) is 58.9. The summed E-state index contributed by atoms with van der Waals surface area (Å²) in [6.07, 6.45) is 2.16. The number of anilines is 3. The number of nitrogens with zero attached hydrogens (tertiary/aromatic N) is 3. The first kappa shape index (κ1) is 30.1. The summed E-state index contributed by atoms with van der Waals surface area (Å²) in [5, 5.41) is 3.44. The van der Waals surface area contributed by atoms with Crippen molar-refractivity contribution in [2.45, 2.75) is 38.4 Å². The van der Waals surface area contributed by atoms with Gasteiger partial charge >= 0.3 is 0 Å². The average molecular weight is 621 g/mol. The number of benzene rings is 4. The van der Waals surface area contributed by atoms with E-state index >= 15 is 0 Å². The van der Waals surface area contributed by atoms with Gasteiger partial charge in [-0.05, 0) is 60.4 Å². The normalized spacial score (nSPS) is 18.6. The molecule has 0 radical (unpaired) electrons. The lowest BCUT2D eigenvalue weighted by atomic mass is 10.0. The number of nitrogens with one attached hydrogen (secondary N) is 1. The molecule has 0 bridgehead atoms. The van der Waals surface area contributed by atoms with Crippen LogP contribution in [0.4, 0.5) is 17.1 Å². The summed E-state index contributed by atoms with van der Waals surface area (Å²) in [6, 6.07) is 32.0. The van der Waals surface area contributed by atoms with Crippen molar-refractivity contribution >= 4 is 53.1 Å². The van der Waals surface area contributed by atoms with Crippen LogP contribution in [0.2, 0.25) is 0 Å². The predicted octanol–water partition coefficient (Wildman–Crippen LogP) is 6.07. The molecule has 1 N–H and O–H groups in total. The summed E-state index contributed by atoms with van der Waals surface area (Å²) in [6.45, 7) is 0.694. The zero-order chi connectivity index (χ0) is 30.2. The quantitative estimate of drug-likeness (QED) is 0.254. The number of fused-ring (bicyclic) bond motifs is 3. The van der Waals surface area contributed by atoms with E-state index in [0.29, 0.717) is 48.4 Å². The maximum absolute atomic E-state index is 14.1. The van der Waals surface area contributed by atoms with Crippen LogP contribution in [-0.4, -0.2) is 41.1 Å². The number of amides is 4. The first-order valence-corrected chi connectivity index (χ1v) is 15.0. The average Bonchev–Trinajstić information content (AvgIpc) is 3.61. The molecule has 4 amide bonds. The molecule has 0 spiro atoms. The largest absolute Gasteiger partial charge is 0.381 e. The van der Waals surface area contributed by atoms with Crippen molar-refractivity contribution in [2.75, 3.05) is 21.7 Å². The van der Waals surface area contributed by atoms with Crippen LogP contribution >= 0.6 is 12.4 Å². The van der Waals surface area contributed by atoms with Gasteiger partial charge in [0.15, 0.2) is 0 Å². The highest BCUT2D eigenvalue weighted by atomic mass is 35.5. The molecule has 1 saturated carbocycles. The van der Waals surface area contributed by atoms with Gasteiger partial charge < -0.3 is 15.1 Å². The van der Waals surface area contributed by atoms with Crippen LogP contribution in [0.1, 0.15) is 51.1 Å². The van der Waals surface area contributed by atoms with Gasteiger partial charge in [-0.15, -0.1) is 12.4 Å². The molecule has 2 heterocycles. The van der Waals surface area contributed by atoms with Crippen molar-refractivity contribution in [3.8, 4) is 0 Å². The second-order valence-corrected chi connectivity index (χ2v) is 11.6. The fourth-order valence-corrected chi connectivity index (χ4v) is 6.72. The van der Waals surface area contributed by atoms with E-state index in [0.717, 1.165) is 22.6 Å². The fourth-order valence-electron chi connectivity index (χ4n) is 6.72. The van der Waals surface area contributed by atoms with Crippen LogP contribution in [0.3, 0.4) is 0 Å². The molecular weight excluding hydrogens is 588 g/mol. The molecule has 7 rings (SSSR count). The van der Waals surface area contributed by atoms with Gasteiger partial charge in [-0.1, -0.05) is 73.2 Å². The third-order valence-electron chi connectivity index (χ3n) is 8.90. The first-order chi connectivity index (χ1) is 21.5. The van der Waals surface area contributed by atoms with Crippen molar-refractivity contribution in [3.05, 3.63) is 125 Å². The Hall–Kier alpha value is -4.95. The molecule has 3 aliphatic rings. The zero-order valence-electron chi connectivity index (χ0n) is 24.6. The van der Waals surface area contributed by atoms with E-state index in [1.54, 1.807) is 34.1 Å². The van der Waals surface area contributed by atoms with Gasteiger partial charge in [-0.2, -0.15) is 0 Å². The highest BCUT2D eigenvalue weighted by molar-refractivity contribution is 6.23. The van der Waals surface area contributed by atoms with E-state index < -0.39 is 11.8 Å². The van der Waals surface area contributed by atoms with Gasteiger partial charge in [0.05, 0.1) is 35.0 Å². The Morgan fingerprint density at radius 2 is 1.31 bits per heavy atom. The minimum absolute atomic E-state index is 0. The minimum atomic E-state index is -0.468. The van der Waals surface area contributed by atoms with Gasteiger partial charge in [0.2, 0.25) is 11.8 Å². The molecule has 45 heavy (non-hydrogen) atoms. The summed E-state index contributed by atoms with van der Waals surface area (Å²) >= 11 is 0. The molecule has 2 atom stereocenters. The van der Waals surface area contributed by atoms with E-state index in [4.69, 9.17) is 0 Å². The fraction of sp³-hybridized carbons (Fsp3) is 0.222. The molecule has 9 heteroatoms. The second-order valence-electron chi connectivity index (χ2n) is 11.6. The zero-order valence-corrected chi connectivity index (χ0v) is 25.4. The van der Waals surface area contributed by atoms with Gasteiger partial charge in [-0.3, -0.25) is 24.1 Å². The van der Waals surface area contributed by atoms with Crippen LogP contribution in [-0.2, 0) is 22.7 Å². The number of carbonyl (C=O) groups excluding carboxylic acids is 4. The SMILES string of the molecule is Cl.O=C1c2ccccc2C(=O)N1CC(=O)N1c2ccccc2N(Cc2ccc(NCc3ccccc3)cc2)C(=O)[C@H]2CCC[C@H]21. The second kappa shape index (κ2) is 12.6. The summed E-state index contributed by atoms with van der Waals surface area (Å²) in [5.41, 5.74) is 5.04. The van der Waals surface area contributed by atoms with Crippen molar-refractivity contribution < 1.29 is 19.2 Å². The Kier molecular flexibility index (Phi) is 8.41. The van der Waals surface area contributed by atoms with E-state index in [-0.39, 0.29) is 42.7 Å². The Bertz CT molecular complexity index is 1730. The number of carbonyl (C=O) groups is 4. The number of halogens is 1. The molecule has 228 valence electrons. The summed E-state index contributed by atoms with van der Waals surface area (Å²) in [7, 11) is 0. The Morgan fingerprint density at radius 3 is 2.00 bits per heavy atom. The molecule has 0 unspecified atom stereocenters. The molecule has 4 aromatic carbocycles. The standard InChI is InChI=1S/C36H32N4O4.ClH/c41-33(23-39-34(42)27-11-4-5-12-28(27)35(39)43)40-30-16-8-13-29(30)36(44)38(31-14-6-7-15-32(31)40)22-25-17-19-26(20-18-25)37-21-24-9-2-1-3-10-24;/h1-7,9-12,14-15,17-20,29-30,37H,8,13,16,21-23H2;1H/t29-,30+;/m0./s1. The third-order valence-corrected chi connectivity index (χ3v) is 8.90. The molecule has 8 nitrogen and oxygen atoms in total. The molecule has 1 fully saturated rings. The molecule has 4 aromatic rings. The van der Waals surface area contributed by atoms with Crippen LogP contribution in [0.15, 0.2) is 103 Å². The highest BCUT2D eigenvalue weighted by Crippen LogP contribution is 2.43. The van der Waals surface area contributed by atoms with Crippen LogP contribution in [0.5, 0.6) is 0 Å². The third kappa shape index (κ3) is 5.58. The maximum Gasteiger partial charge on any atom is 0.262 e. The Balaban J connectivity index is 0.00000357.